The highest BCUT2D eigenvalue weighted by atomic mass is 19.4. The first kappa shape index (κ1) is 10.4. The maximum atomic E-state index is 12.0. The van der Waals surface area contributed by atoms with Gasteiger partial charge in [-0.2, -0.15) is 18.3 Å². The van der Waals surface area contributed by atoms with E-state index >= 15 is 0 Å². The molecule has 0 spiro atoms. The van der Waals surface area contributed by atoms with Gasteiger partial charge in [-0.1, -0.05) is 0 Å². The molecule has 0 bridgehead atoms. The van der Waals surface area contributed by atoms with E-state index in [0.29, 0.717) is 5.52 Å². The standard InChI is InChI=1S/C8H5F3N4O/c9-8(10,11)7(16)14-6-5-2-1-3-15(5)13-4-12-6/h1-4H,(H,12,13,14,16). The van der Waals surface area contributed by atoms with Crippen LogP contribution in [-0.4, -0.2) is 26.7 Å². The van der Waals surface area contributed by atoms with Crippen LogP contribution in [0.3, 0.4) is 0 Å². The molecule has 1 amide bonds. The third-order valence-corrected chi connectivity index (χ3v) is 1.82. The highest BCUT2D eigenvalue weighted by Gasteiger charge is 2.39. The van der Waals surface area contributed by atoms with Crippen LogP contribution in [0, 0.1) is 0 Å². The number of rotatable bonds is 1. The van der Waals surface area contributed by atoms with Crippen LogP contribution >= 0.6 is 0 Å². The zero-order valence-corrected chi connectivity index (χ0v) is 7.69. The van der Waals surface area contributed by atoms with Crippen molar-refractivity contribution in [1.29, 1.82) is 0 Å². The Morgan fingerprint density at radius 2 is 2.19 bits per heavy atom. The van der Waals surface area contributed by atoms with Crippen LogP contribution in [0.5, 0.6) is 0 Å². The van der Waals surface area contributed by atoms with E-state index in [0.717, 1.165) is 6.33 Å². The number of amides is 1. The summed E-state index contributed by atoms with van der Waals surface area (Å²) >= 11 is 0. The van der Waals surface area contributed by atoms with Crippen LogP contribution < -0.4 is 5.32 Å². The molecule has 0 aliphatic rings. The Kier molecular flexibility index (Phi) is 2.26. The first-order valence-corrected chi connectivity index (χ1v) is 4.15. The number of carbonyl (C=O) groups excluding carboxylic acids is 1. The number of fused-ring (bicyclic) bond motifs is 1. The quantitative estimate of drug-likeness (QED) is 0.801. The molecule has 2 aromatic heterocycles. The topological polar surface area (TPSA) is 59.3 Å². The molecule has 0 aliphatic carbocycles. The Morgan fingerprint density at radius 1 is 1.44 bits per heavy atom. The van der Waals surface area contributed by atoms with Gasteiger partial charge >= 0.3 is 12.1 Å². The fourth-order valence-electron chi connectivity index (χ4n) is 1.14. The van der Waals surface area contributed by atoms with Crippen molar-refractivity contribution in [2.45, 2.75) is 6.18 Å². The molecule has 0 aliphatic heterocycles. The van der Waals surface area contributed by atoms with Gasteiger partial charge in [-0.3, -0.25) is 4.79 Å². The molecular weight excluding hydrogens is 225 g/mol. The number of nitrogens with one attached hydrogen (secondary N) is 1. The lowest BCUT2D eigenvalue weighted by Crippen LogP contribution is -2.30. The molecule has 0 saturated carbocycles. The Labute approximate surface area is 86.9 Å². The molecule has 16 heavy (non-hydrogen) atoms. The van der Waals surface area contributed by atoms with Gasteiger partial charge in [-0.15, -0.1) is 0 Å². The molecule has 1 N–H and O–H groups in total. The monoisotopic (exact) mass is 230 g/mol. The summed E-state index contributed by atoms with van der Waals surface area (Å²) in [5, 5.41) is 5.42. The van der Waals surface area contributed by atoms with Crippen LogP contribution in [-0.2, 0) is 4.79 Å². The van der Waals surface area contributed by atoms with Crippen molar-refractivity contribution in [2.24, 2.45) is 0 Å². The first-order valence-electron chi connectivity index (χ1n) is 4.15. The van der Waals surface area contributed by atoms with E-state index in [1.165, 1.54) is 16.8 Å². The molecule has 0 fully saturated rings. The first-order chi connectivity index (χ1) is 7.48. The Hall–Kier alpha value is -2.12. The van der Waals surface area contributed by atoms with E-state index in [4.69, 9.17) is 0 Å². The summed E-state index contributed by atoms with van der Waals surface area (Å²) in [5.74, 6) is -2.24. The molecule has 0 atom stereocenters. The van der Waals surface area contributed by atoms with Gasteiger partial charge in [0.2, 0.25) is 0 Å². The zero-order valence-electron chi connectivity index (χ0n) is 7.69. The fourth-order valence-corrected chi connectivity index (χ4v) is 1.14. The molecule has 5 nitrogen and oxygen atoms in total. The number of carbonyl (C=O) groups is 1. The Balaban J connectivity index is 2.35. The molecule has 0 saturated heterocycles. The fraction of sp³-hybridized carbons (Fsp3) is 0.125. The molecule has 84 valence electrons. The summed E-state index contributed by atoms with van der Waals surface area (Å²) in [4.78, 5) is 14.3. The largest absolute Gasteiger partial charge is 0.471 e. The molecule has 8 heteroatoms. The van der Waals surface area contributed by atoms with Gasteiger partial charge in [0, 0.05) is 6.20 Å². The van der Waals surface area contributed by atoms with Crippen LogP contribution in [0.15, 0.2) is 24.7 Å². The minimum absolute atomic E-state index is 0.178. The molecule has 2 rings (SSSR count). The highest BCUT2D eigenvalue weighted by molar-refractivity contribution is 5.97. The van der Waals surface area contributed by atoms with Gasteiger partial charge in [-0.25, -0.2) is 9.50 Å². The van der Waals surface area contributed by atoms with Crippen molar-refractivity contribution < 1.29 is 18.0 Å². The van der Waals surface area contributed by atoms with Crippen molar-refractivity contribution in [3.8, 4) is 0 Å². The lowest BCUT2D eigenvalue weighted by Gasteiger charge is -2.07. The van der Waals surface area contributed by atoms with Gasteiger partial charge in [-0.05, 0) is 12.1 Å². The van der Waals surface area contributed by atoms with Crippen LogP contribution in [0.2, 0.25) is 0 Å². The van der Waals surface area contributed by atoms with E-state index in [9.17, 15) is 18.0 Å². The number of hydrogen-bond donors (Lipinski definition) is 1. The summed E-state index contributed by atoms with van der Waals surface area (Å²) in [6, 6.07) is 3.07. The van der Waals surface area contributed by atoms with Crippen molar-refractivity contribution in [3.05, 3.63) is 24.7 Å². The normalized spacial score (nSPS) is 11.7. The van der Waals surface area contributed by atoms with E-state index < -0.39 is 12.1 Å². The Morgan fingerprint density at radius 3 is 2.88 bits per heavy atom. The highest BCUT2D eigenvalue weighted by Crippen LogP contribution is 2.19. The molecule has 0 unspecified atom stereocenters. The lowest BCUT2D eigenvalue weighted by molar-refractivity contribution is -0.167. The van der Waals surface area contributed by atoms with Crippen LogP contribution in [0.25, 0.3) is 5.52 Å². The molecule has 2 heterocycles. The second-order valence-corrected chi connectivity index (χ2v) is 2.90. The average molecular weight is 230 g/mol. The average Bonchev–Trinajstić information content (AvgIpc) is 2.65. The molecule has 0 radical (unpaired) electrons. The van der Waals surface area contributed by atoms with Crippen molar-refractivity contribution in [1.82, 2.24) is 14.6 Å². The van der Waals surface area contributed by atoms with Crippen molar-refractivity contribution in [3.63, 3.8) is 0 Å². The van der Waals surface area contributed by atoms with Crippen molar-refractivity contribution in [2.75, 3.05) is 5.32 Å². The number of halogens is 3. The molecular formula is C8H5F3N4O. The van der Waals surface area contributed by atoms with Gasteiger partial charge in [0.1, 0.15) is 11.8 Å². The van der Waals surface area contributed by atoms with E-state index in [1.807, 2.05) is 0 Å². The van der Waals surface area contributed by atoms with E-state index in [1.54, 1.807) is 11.4 Å². The second-order valence-electron chi connectivity index (χ2n) is 2.90. The smallest absolute Gasteiger partial charge is 0.301 e. The molecule has 2 aromatic rings. The van der Waals surface area contributed by atoms with Gasteiger partial charge < -0.3 is 5.32 Å². The summed E-state index contributed by atoms with van der Waals surface area (Å²) < 4.78 is 37.3. The predicted molar refractivity (Wildman–Crippen MR) is 47.7 cm³/mol. The van der Waals surface area contributed by atoms with E-state index in [2.05, 4.69) is 10.1 Å². The maximum absolute atomic E-state index is 12.0. The van der Waals surface area contributed by atoms with Gasteiger partial charge in [0.05, 0.1) is 0 Å². The lowest BCUT2D eigenvalue weighted by atomic mass is 10.4. The third-order valence-electron chi connectivity index (χ3n) is 1.82. The SMILES string of the molecule is O=C(Nc1ncnn2cccc12)C(F)(F)F. The number of nitrogens with zero attached hydrogens (tertiary/aromatic N) is 3. The van der Waals surface area contributed by atoms with Crippen molar-refractivity contribution >= 4 is 17.2 Å². The summed E-state index contributed by atoms with van der Waals surface area (Å²) in [6.07, 6.45) is -2.35. The Bertz CT molecular complexity index is 533. The predicted octanol–water partition coefficient (Wildman–Crippen LogP) is 1.23. The van der Waals surface area contributed by atoms with Crippen LogP contribution in [0.4, 0.5) is 19.0 Å². The second kappa shape index (κ2) is 3.47. The maximum Gasteiger partial charge on any atom is 0.471 e. The summed E-state index contributed by atoms with van der Waals surface area (Å²) in [7, 11) is 0. The number of alkyl halides is 3. The summed E-state index contributed by atoms with van der Waals surface area (Å²) in [6.45, 7) is 0. The minimum Gasteiger partial charge on any atom is -0.301 e. The van der Waals surface area contributed by atoms with Gasteiger partial charge in [0.15, 0.2) is 5.82 Å². The number of aromatic nitrogens is 3. The molecule has 0 aromatic carbocycles. The summed E-state index contributed by atoms with van der Waals surface area (Å²) in [5.41, 5.74) is 0.292. The third kappa shape index (κ3) is 1.81. The minimum atomic E-state index is -4.94. The van der Waals surface area contributed by atoms with E-state index in [-0.39, 0.29) is 5.82 Å². The zero-order chi connectivity index (χ0) is 11.8. The number of anilines is 1. The van der Waals surface area contributed by atoms with Crippen LogP contribution in [0.1, 0.15) is 0 Å². The van der Waals surface area contributed by atoms with Gasteiger partial charge in [0.25, 0.3) is 0 Å². The number of hydrogen-bond acceptors (Lipinski definition) is 3.